The number of aromatic amines is 1. The number of H-pyrrole nitrogens is 1. The molecule has 1 atom stereocenters. The molecule has 2 aliphatic heterocycles. The molecule has 0 unspecified atom stereocenters. The van der Waals surface area contributed by atoms with Gasteiger partial charge in [0.2, 0.25) is 5.91 Å². The normalized spacial score (nSPS) is 22.1. The smallest absolute Gasteiger partial charge is 0.409 e. The Morgan fingerprint density at radius 1 is 1.12 bits per heavy atom. The van der Waals surface area contributed by atoms with Crippen LogP contribution < -0.4 is 5.32 Å². The van der Waals surface area contributed by atoms with Gasteiger partial charge < -0.3 is 24.8 Å². The largest absolute Gasteiger partial charge is 0.450 e. The van der Waals surface area contributed by atoms with Crippen LogP contribution in [-0.4, -0.2) is 71.5 Å². The van der Waals surface area contributed by atoms with Gasteiger partial charge in [-0.25, -0.2) is 9.18 Å². The summed E-state index contributed by atoms with van der Waals surface area (Å²) >= 11 is 0. The first kappa shape index (κ1) is 22.7. The van der Waals surface area contributed by atoms with Gasteiger partial charge in [-0.05, 0) is 68.7 Å². The Kier molecular flexibility index (Phi) is 5.95. The van der Waals surface area contributed by atoms with Crippen molar-refractivity contribution in [3.05, 3.63) is 35.8 Å². The maximum absolute atomic E-state index is 13.5. The number of hydrogen-bond acceptors (Lipinski definition) is 4. The fraction of sp³-hybridized carbons (Fsp3) is 0.560. The number of ether oxygens (including phenoxy) is 1. The van der Waals surface area contributed by atoms with Gasteiger partial charge >= 0.3 is 6.09 Å². The van der Waals surface area contributed by atoms with Gasteiger partial charge in [0.15, 0.2) is 0 Å². The highest BCUT2D eigenvalue weighted by atomic mass is 19.1. The lowest BCUT2D eigenvalue weighted by Crippen LogP contribution is -2.47. The molecule has 1 aromatic carbocycles. The van der Waals surface area contributed by atoms with Crippen LogP contribution in [0, 0.1) is 17.2 Å². The average Bonchev–Trinajstić information content (AvgIpc) is 3.36. The monoisotopic (exact) mass is 470 g/mol. The predicted octanol–water partition coefficient (Wildman–Crippen LogP) is 3.29. The van der Waals surface area contributed by atoms with Crippen LogP contribution >= 0.6 is 0 Å². The highest BCUT2D eigenvalue weighted by molar-refractivity contribution is 5.98. The zero-order valence-electron chi connectivity index (χ0n) is 19.4. The van der Waals surface area contributed by atoms with Crippen LogP contribution in [-0.2, 0) is 9.53 Å². The average molecular weight is 471 g/mol. The van der Waals surface area contributed by atoms with Crippen molar-refractivity contribution in [3.8, 4) is 0 Å². The summed E-state index contributed by atoms with van der Waals surface area (Å²) in [6, 6.07) is 6.22. The van der Waals surface area contributed by atoms with Crippen LogP contribution in [0.3, 0.4) is 0 Å². The number of amides is 3. The van der Waals surface area contributed by atoms with Crippen LogP contribution in [0.2, 0.25) is 0 Å². The number of carbonyl (C=O) groups is 3. The molecule has 1 aromatic heterocycles. The summed E-state index contributed by atoms with van der Waals surface area (Å²) in [6.45, 7) is 4.58. The number of nitrogens with zero attached hydrogens (tertiary/aromatic N) is 2. The standard InChI is InChI=1S/C25H31FN4O4/c1-2-34-24(33)30-9-5-18(6-10-30)27-22(31)19-15-25(19)7-11-29(12-8-25)23(32)21-14-16-13-17(26)3-4-20(16)28-21/h3-4,13-14,18-19,28H,2,5-12,15H2,1H3,(H,27,31)/t19-/m0/s1. The molecule has 1 aliphatic carbocycles. The van der Waals surface area contributed by atoms with Gasteiger partial charge in [0, 0.05) is 49.0 Å². The summed E-state index contributed by atoms with van der Waals surface area (Å²) in [5.41, 5.74) is 1.21. The molecular weight excluding hydrogens is 439 g/mol. The van der Waals surface area contributed by atoms with Crippen LogP contribution in [0.1, 0.15) is 49.5 Å². The molecule has 8 nitrogen and oxygen atoms in total. The van der Waals surface area contributed by atoms with E-state index in [9.17, 15) is 18.8 Å². The third-order valence-electron chi connectivity index (χ3n) is 7.73. The fourth-order valence-corrected chi connectivity index (χ4v) is 5.54. The van der Waals surface area contributed by atoms with Crippen molar-refractivity contribution >= 4 is 28.8 Å². The molecule has 3 aliphatic rings. The summed E-state index contributed by atoms with van der Waals surface area (Å²) in [6.07, 6.45) is 3.69. The van der Waals surface area contributed by atoms with Crippen molar-refractivity contribution in [1.82, 2.24) is 20.1 Å². The topological polar surface area (TPSA) is 94.7 Å². The highest BCUT2D eigenvalue weighted by Gasteiger charge is 2.59. The summed E-state index contributed by atoms with van der Waals surface area (Å²) in [5.74, 6) is -0.301. The zero-order chi connectivity index (χ0) is 23.9. The van der Waals surface area contributed by atoms with Gasteiger partial charge in [0.1, 0.15) is 11.5 Å². The minimum Gasteiger partial charge on any atom is -0.450 e. The number of aromatic nitrogens is 1. The van der Waals surface area contributed by atoms with E-state index < -0.39 is 0 Å². The minimum atomic E-state index is -0.326. The Morgan fingerprint density at radius 3 is 2.56 bits per heavy atom. The second kappa shape index (κ2) is 8.92. The third-order valence-corrected chi connectivity index (χ3v) is 7.73. The number of hydrogen-bond donors (Lipinski definition) is 2. The molecule has 3 fully saturated rings. The van der Waals surface area contributed by atoms with E-state index in [4.69, 9.17) is 4.74 Å². The van der Waals surface area contributed by atoms with E-state index in [1.54, 1.807) is 24.0 Å². The van der Waals surface area contributed by atoms with Crippen molar-refractivity contribution in [2.24, 2.45) is 11.3 Å². The first-order valence-electron chi connectivity index (χ1n) is 12.2. The quantitative estimate of drug-likeness (QED) is 0.717. The number of benzene rings is 1. The Bertz CT molecular complexity index is 1100. The van der Waals surface area contributed by atoms with Gasteiger partial charge in [-0.3, -0.25) is 9.59 Å². The Labute approximate surface area is 197 Å². The molecule has 34 heavy (non-hydrogen) atoms. The van der Waals surface area contributed by atoms with Gasteiger partial charge in [-0.15, -0.1) is 0 Å². The van der Waals surface area contributed by atoms with E-state index in [0.29, 0.717) is 43.9 Å². The molecule has 9 heteroatoms. The zero-order valence-corrected chi connectivity index (χ0v) is 19.4. The van der Waals surface area contributed by atoms with E-state index in [1.165, 1.54) is 12.1 Å². The Hall–Kier alpha value is -3.10. The third kappa shape index (κ3) is 4.35. The molecule has 5 rings (SSSR count). The first-order valence-corrected chi connectivity index (χ1v) is 12.2. The Morgan fingerprint density at radius 2 is 1.85 bits per heavy atom. The Balaban J connectivity index is 1.10. The summed E-state index contributed by atoms with van der Waals surface area (Å²) in [4.78, 5) is 44.3. The number of fused-ring (bicyclic) bond motifs is 1. The number of nitrogens with one attached hydrogen (secondary N) is 2. The van der Waals surface area contributed by atoms with Crippen molar-refractivity contribution in [2.75, 3.05) is 32.8 Å². The lowest BCUT2D eigenvalue weighted by atomic mass is 9.90. The second-order valence-electron chi connectivity index (χ2n) is 9.79. The summed E-state index contributed by atoms with van der Waals surface area (Å²) in [7, 11) is 0. The molecule has 0 bridgehead atoms. The van der Waals surface area contributed by atoms with Crippen LogP contribution in [0.15, 0.2) is 24.3 Å². The summed E-state index contributed by atoms with van der Waals surface area (Å²) < 4.78 is 18.5. The van der Waals surface area contributed by atoms with E-state index in [1.807, 2.05) is 4.90 Å². The molecule has 3 heterocycles. The van der Waals surface area contributed by atoms with Gasteiger partial charge in [0.25, 0.3) is 5.91 Å². The fourth-order valence-electron chi connectivity index (χ4n) is 5.54. The number of rotatable bonds is 4. The van der Waals surface area contributed by atoms with Crippen molar-refractivity contribution in [2.45, 2.75) is 45.1 Å². The van der Waals surface area contributed by atoms with Crippen molar-refractivity contribution in [3.63, 3.8) is 0 Å². The SMILES string of the molecule is CCOC(=O)N1CCC(NC(=O)[C@@H]2CC23CCN(C(=O)c2cc4cc(F)ccc4[nH]2)CC3)CC1. The van der Waals surface area contributed by atoms with Crippen LogP contribution in [0.4, 0.5) is 9.18 Å². The second-order valence-corrected chi connectivity index (χ2v) is 9.79. The molecule has 2 N–H and O–H groups in total. The molecule has 2 saturated heterocycles. The molecule has 1 saturated carbocycles. The lowest BCUT2D eigenvalue weighted by molar-refractivity contribution is -0.124. The minimum absolute atomic E-state index is 0.00360. The lowest BCUT2D eigenvalue weighted by Gasteiger charge is -2.33. The number of halogens is 1. The van der Waals surface area contributed by atoms with Crippen LogP contribution in [0.5, 0.6) is 0 Å². The molecule has 182 valence electrons. The van der Waals surface area contributed by atoms with E-state index >= 15 is 0 Å². The molecule has 2 aromatic rings. The van der Waals surface area contributed by atoms with Crippen molar-refractivity contribution in [1.29, 1.82) is 0 Å². The first-order chi connectivity index (χ1) is 16.4. The maximum atomic E-state index is 13.5. The van der Waals surface area contributed by atoms with E-state index in [0.717, 1.165) is 37.6 Å². The van der Waals surface area contributed by atoms with Crippen LogP contribution in [0.25, 0.3) is 10.9 Å². The molecule has 1 spiro atoms. The number of piperidine rings is 2. The number of likely N-dealkylation sites (tertiary alicyclic amines) is 2. The van der Waals surface area contributed by atoms with Gasteiger partial charge in [-0.1, -0.05) is 0 Å². The van der Waals surface area contributed by atoms with Gasteiger partial charge in [0.05, 0.1) is 6.61 Å². The predicted molar refractivity (Wildman–Crippen MR) is 124 cm³/mol. The summed E-state index contributed by atoms with van der Waals surface area (Å²) in [5, 5.41) is 3.87. The molecular formula is C25H31FN4O4. The van der Waals surface area contributed by atoms with E-state index in [2.05, 4.69) is 10.3 Å². The molecule has 0 radical (unpaired) electrons. The highest BCUT2D eigenvalue weighted by Crippen LogP contribution is 2.59. The molecule has 3 amide bonds. The van der Waals surface area contributed by atoms with E-state index in [-0.39, 0.29) is 41.1 Å². The number of carbonyl (C=O) groups excluding carboxylic acids is 3. The maximum Gasteiger partial charge on any atom is 0.409 e. The van der Waals surface area contributed by atoms with Gasteiger partial charge in [-0.2, -0.15) is 0 Å². The van der Waals surface area contributed by atoms with Crippen molar-refractivity contribution < 1.29 is 23.5 Å².